The number of carbonyl (C=O) groups is 2. The van der Waals surface area contributed by atoms with E-state index in [1.165, 1.54) is 37.4 Å². The smallest absolute Gasteiger partial charge is 0.255 e. The zero-order valence-corrected chi connectivity index (χ0v) is 26.9. The highest BCUT2D eigenvalue weighted by atomic mass is 32.2. The number of halogens is 1. The first-order valence-electron chi connectivity index (χ1n) is 14.3. The highest BCUT2D eigenvalue weighted by Crippen LogP contribution is 2.42. The number of allylic oxidation sites excluding steroid dienone is 2. The van der Waals surface area contributed by atoms with Crippen molar-refractivity contribution in [3.05, 3.63) is 115 Å². The van der Waals surface area contributed by atoms with Crippen LogP contribution >= 0.6 is 0 Å². The average Bonchev–Trinajstić information content (AvgIpc) is 3.39. The van der Waals surface area contributed by atoms with Crippen LogP contribution in [0, 0.1) is 5.82 Å². The minimum atomic E-state index is -3.92. The molecular weight excluding hydrogens is 609 g/mol. The second-order valence-corrected chi connectivity index (χ2v) is 12.9. The number of fused-ring (bicyclic) bond motifs is 1. The molecule has 11 heteroatoms. The number of aliphatic hydroxyl groups excluding tert-OH is 1. The average molecular weight is 646 g/mol. The molecule has 1 aromatic heterocycles. The molecule has 0 radical (unpaired) electrons. The van der Waals surface area contributed by atoms with Gasteiger partial charge in [-0.05, 0) is 67.4 Å². The van der Waals surface area contributed by atoms with E-state index in [0.717, 1.165) is 16.1 Å². The lowest BCUT2D eigenvalue weighted by molar-refractivity contribution is 0.0923. The molecule has 4 aromatic rings. The van der Waals surface area contributed by atoms with Crippen LogP contribution in [0.25, 0.3) is 33.4 Å². The van der Waals surface area contributed by atoms with Gasteiger partial charge in [0.25, 0.3) is 11.8 Å². The Morgan fingerprint density at radius 3 is 2.33 bits per heavy atom. The summed E-state index contributed by atoms with van der Waals surface area (Å²) in [6, 6.07) is 15.1. The Morgan fingerprint density at radius 1 is 1.04 bits per heavy atom. The fourth-order valence-electron chi connectivity index (χ4n) is 5.20. The van der Waals surface area contributed by atoms with Crippen molar-refractivity contribution in [2.75, 3.05) is 30.8 Å². The molecule has 0 saturated heterocycles. The monoisotopic (exact) mass is 645 g/mol. The molecule has 0 aliphatic heterocycles. The van der Waals surface area contributed by atoms with E-state index in [4.69, 9.17) is 4.42 Å². The lowest BCUT2D eigenvalue weighted by Crippen LogP contribution is -2.44. The summed E-state index contributed by atoms with van der Waals surface area (Å²) in [5.74, 6) is -1.18. The van der Waals surface area contributed by atoms with Gasteiger partial charge in [0.05, 0.1) is 36.2 Å². The quantitative estimate of drug-likeness (QED) is 0.166. The zero-order valence-electron chi connectivity index (χ0n) is 26.1. The van der Waals surface area contributed by atoms with Gasteiger partial charge in [0.2, 0.25) is 10.0 Å². The molecule has 0 aliphatic rings. The first-order chi connectivity index (χ1) is 21.7. The Kier molecular flexibility index (Phi) is 9.98. The minimum Gasteiger partial charge on any atom is -0.455 e. The molecule has 0 aliphatic carbocycles. The lowest BCUT2D eigenvalue weighted by Gasteiger charge is -2.28. The van der Waals surface area contributed by atoms with E-state index in [2.05, 4.69) is 23.8 Å². The summed E-state index contributed by atoms with van der Waals surface area (Å²) in [4.78, 5) is 26.7. The van der Waals surface area contributed by atoms with Crippen LogP contribution in [0.5, 0.6) is 0 Å². The van der Waals surface area contributed by atoms with Gasteiger partial charge in [-0.3, -0.25) is 13.9 Å². The van der Waals surface area contributed by atoms with E-state index in [-0.39, 0.29) is 34.7 Å². The summed E-state index contributed by atoms with van der Waals surface area (Å²) in [5.41, 5.74) is 1.99. The maximum atomic E-state index is 13.7. The number of aliphatic hydroxyl groups is 1. The second kappa shape index (κ2) is 13.6. The largest absolute Gasteiger partial charge is 0.455 e. The van der Waals surface area contributed by atoms with Crippen LogP contribution in [0.2, 0.25) is 0 Å². The van der Waals surface area contributed by atoms with Gasteiger partial charge in [0.15, 0.2) is 0 Å². The molecule has 9 nitrogen and oxygen atoms in total. The van der Waals surface area contributed by atoms with Crippen molar-refractivity contribution in [2.45, 2.75) is 19.4 Å². The Labute approximate surface area is 267 Å². The number of nitrogens with zero attached hydrogens (tertiary/aromatic N) is 1. The Hall–Kier alpha value is -5.00. The Balaban J connectivity index is 1.98. The van der Waals surface area contributed by atoms with Crippen LogP contribution in [0.3, 0.4) is 0 Å². The van der Waals surface area contributed by atoms with E-state index < -0.39 is 39.8 Å². The maximum Gasteiger partial charge on any atom is 0.255 e. The van der Waals surface area contributed by atoms with Gasteiger partial charge < -0.3 is 20.2 Å². The van der Waals surface area contributed by atoms with E-state index >= 15 is 0 Å². The third kappa shape index (κ3) is 6.95. The van der Waals surface area contributed by atoms with Crippen molar-refractivity contribution in [3.63, 3.8) is 0 Å². The molecule has 3 N–H and O–H groups in total. The topological polar surface area (TPSA) is 129 Å². The number of amides is 2. The minimum absolute atomic E-state index is 0.159. The highest BCUT2D eigenvalue weighted by Gasteiger charge is 2.28. The van der Waals surface area contributed by atoms with Crippen molar-refractivity contribution in [2.24, 2.45) is 0 Å². The third-order valence-corrected chi connectivity index (χ3v) is 8.62. The molecule has 2 amide bonds. The van der Waals surface area contributed by atoms with Crippen LogP contribution < -0.4 is 14.9 Å². The zero-order chi connectivity index (χ0) is 33.8. The molecule has 3 aromatic carbocycles. The SMILES string of the molecule is C=CC=C(C=C)C(C)(C)NC(=O)c1cccc(-c2cc3c(C(=O)NC)c(-c4ccc(F)cc4)oc3cc2N(CCO)S(C)(=O)=O)c1. The van der Waals surface area contributed by atoms with Gasteiger partial charge in [-0.25, -0.2) is 12.8 Å². The number of benzene rings is 3. The molecule has 0 saturated carbocycles. The van der Waals surface area contributed by atoms with E-state index in [1.807, 2.05) is 13.8 Å². The fourth-order valence-corrected chi connectivity index (χ4v) is 6.12. The highest BCUT2D eigenvalue weighted by molar-refractivity contribution is 7.92. The lowest BCUT2D eigenvalue weighted by atomic mass is 9.92. The van der Waals surface area contributed by atoms with Crippen LogP contribution in [0.4, 0.5) is 10.1 Å². The van der Waals surface area contributed by atoms with Crippen molar-refractivity contribution >= 4 is 38.5 Å². The standard InChI is InChI=1S/C35H36FN3O6S/c1-7-10-25(8-2)35(3,4)38-33(41)24-12-9-11-23(19-24)27-20-28-30(21-29(27)39(17-18-40)46(6,43)44)45-32(31(28)34(42)37-5)22-13-15-26(36)16-14-22/h7-16,19-21,40H,1-2,17-18H2,3-6H3,(H,37,42)(H,38,41). The summed E-state index contributed by atoms with van der Waals surface area (Å²) >= 11 is 0. The van der Waals surface area contributed by atoms with Crippen LogP contribution in [-0.2, 0) is 10.0 Å². The maximum absolute atomic E-state index is 13.7. The van der Waals surface area contributed by atoms with E-state index in [0.29, 0.717) is 22.1 Å². The number of hydrogen-bond acceptors (Lipinski definition) is 6. The molecule has 0 bridgehead atoms. The fraction of sp³-hybridized carbons (Fsp3) is 0.200. The Bertz CT molecular complexity index is 1960. The second-order valence-electron chi connectivity index (χ2n) is 11.0. The van der Waals surface area contributed by atoms with Gasteiger partial charge in [-0.15, -0.1) is 0 Å². The molecule has 46 heavy (non-hydrogen) atoms. The summed E-state index contributed by atoms with van der Waals surface area (Å²) in [5, 5.41) is 15.8. The first kappa shape index (κ1) is 33.9. The van der Waals surface area contributed by atoms with Gasteiger partial charge >= 0.3 is 0 Å². The number of carbonyl (C=O) groups excluding carboxylic acids is 2. The van der Waals surface area contributed by atoms with Crippen molar-refractivity contribution in [1.29, 1.82) is 0 Å². The van der Waals surface area contributed by atoms with Crippen molar-refractivity contribution in [3.8, 4) is 22.5 Å². The first-order valence-corrected chi connectivity index (χ1v) is 16.2. The molecule has 1 heterocycles. The van der Waals surface area contributed by atoms with Gasteiger partial charge in [0, 0.05) is 35.2 Å². The summed E-state index contributed by atoms with van der Waals surface area (Å²) in [6.07, 6.45) is 6.00. The van der Waals surface area contributed by atoms with Crippen molar-refractivity contribution in [1.82, 2.24) is 10.6 Å². The summed E-state index contributed by atoms with van der Waals surface area (Å²) < 4.78 is 46.9. The molecule has 0 atom stereocenters. The third-order valence-electron chi connectivity index (χ3n) is 7.44. The van der Waals surface area contributed by atoms with Gasteiger partial charge in [-0.1, -0.05) is 43.5 Å². The van der Waals surface area contributed by atoms with Crippen LogP contribution in [0.1, 0.15) is 34.6 Å². The number of anilines is 1. The molecule has 240 valence electrons. The molecule has 4 rings (SSSR count). The van der Waals surface area contributed by atoms with Crippen LogP contribution in [-0.4, -0.2) is 57.3 Å². The number of nitrogens with one attached hydrogen (secondary N) is 2. The number of sulfonamides is 1. The van der Waals surface area contributed by atoms with Gasteiger partial charge in [-0.2, -0.15) is 0 Å². The molecular formula is C35H36FN3O6S. The summed E-state index contributed by atoms with van der Waals surface area (Å²) in [6.45, 7) is 10.5. The predicted octanol–water partition coefficient (Wildman–Crippen LogP) is 5.83. The summed E-state index contributed by atoms with van der Waals surface area (Å²) in [7, 11) is -2.46. The molecule has 0 fully saturated rings. The van der Waals surface area contributed by atoms with Crippen LogP contribution in [0.15, 0.2) is 102 Å². The predicted molar refractivity (Wildman–Crippen MR) is 180 cm³/mol. The molecule has 0 spiro atoms. The Morgan fingerprint density at radius 2 is 1.74 bits per heavy atom. The van der Waals surface area contributed by atoms with Gasteiger partial charge in [0.1, 0.15) is 17.2 Å². The number of rotatable bonds is 12. The molecule has 0 unspecified atom stereocenters. The van der Waals surface area contributed by atoms with E-state index in [1.54, 1.807) is 48.6 Å². The number of hydrogen-bond donors (Lipinski definition) is 3. The normalized spacial score (nSPS) is 12.1. The van der Waals surface area contributed by atoms with Crippen molar-refractivity contribution < 1.29 is 31.9 Å². The number of furan rings is 1. The van der Waals surface area contributed by atoms with E-state index in [9.17, 15) is 27.5 Å².